The number of methoxy groups -OCH3 is 1. The number of ether oxygens (including phenoxy) is 1. The summed E-state index contributed by atoms with van der Waals surface area (Å²) in [5.74, 6) is -0.134. The van der Waals surface area contributed by atoms with Gasteiger partial charge in [-0.3, -0.25) is 9.78 Å². The van der Waals surface area contributed by atoms with Gasteiger partial charge in [0.25, 0.3) is 5.91 Å². The average molecular weight is 242 g/mol. The fraction of sp³-hybridized carbons (Fsp3) is 0.143. The van der Waals surface area contributed by atoms with Crippen LogP contribution in [0.1, 0.15) is 15.9 Å². The van der Waals surface area contributed by atoms with Crippen molar-refractivity contribution in [3.8, 4) is 0 Å². The van der Waals surface area contributed by atoms with E-state index >= 15 is 0 Å². The normalized spacial score (nSPS) is 10.1. The molecular formula is C14H14N2O2. The summed E-state index contributed by atoms with van der Waals surface area (Å²) in [6.07, 6.45) is 3.27. The molecule has 0 aliphatic rings. The Morgan fingerprint density at radius 3 is 2.44 bits per heavy atom. The summed E-state index contributed by atoms with van der Waals surface area (Å²) in [6, 6.07) is 10.8. The average Bonchev–Trinajstić information content (AvgIpc) is 2.41. The zero-order chi connectivity index (χ0) is 12.8. The van der Waals surface area contributed by atoms with Crippen LogP contribution in [0.5, 0.6) is 0 Å². The molecule has 92 valence electrons. The number of benzene rings is 1. The molecule has 0 radical (unpaired) electrons. The monoisotopic (exact) mass is 242 g/mol. The van der Waals surface area contributed by atoms with E-state index in [0.29, 0.717) is 12.2 Å². The Labute approximate surface area is 106 Å². The zero-order valence-electron chi connectivity index (χ0n) is 10.1. The summed E-state index contributed by atoms with van der Waals surface area (Å²) in [6.45, 7) is 0.548. The number of hydrogen-bond donors (Lipinski definition) is 1. The van der Waals surface area contributed by atoms with Crippen LogP contribution in [-0.4, -0.2) is 18.0 Å². The molecule has 0 fully saturated rings. The molecule has 18 heavy (non-hydrogen) atoms. The van der Waals surface area contributed by atoms with Crippen molar-refractivity contribution in [1.82, 2.24) is 4.98 Å². The van der Waals surface area contributed by atoms with Gasteiger partial charge in [-0.05, 0) is 29.8 Å². The van der Waals surface area contributed by atoms with Gasteiger partial charge in [0, 0.05) is 30.8 Å². The molecule has 0 spiro atoms. The first-order valence-corrected chi connectivity index (χ1v) is 5.59. The van der Waals surface area contributed by atoms with Gasteiger partial charge in [0.15, 0.2) is 0 Å². The number of pyridine rings is 1. The number of carbonyl (C=O) groups excluding carboxylic acids is 1. The van der Waals surface area contributed by atoms with Crippen LogP contribution in [0.25, 0.3) is 0 Å². The van der Waals surface area contributed by atoms with E-state index in [1.165, 1.54) is 0 Å². The number of nitrogens with one attached hydrogen (secondary N) is 1. The SMILES string of the molecule is COCc1ccc(C(=O)Nc2ccncc2)cc1. The number of aromatic nitrogens is 1. The highest BCUT2D eigenvalue weighted by molar-refractivity contribution is 6.04. The largest absolute Gasteiger partial charge is 0.380 e. The van der Waals surface area contributed by atoms with Gasteiger partial charge in [0.05, 0.1) is 6.61 Å². The molecule has 1 amide bonds. The molecule has 0 saturated heterocycles. The minimum absolute atomic E-state index is 0.134. The summed E-state index contributed by atoms with van der Waals surface area (Å²) in [5.41, 5.74) is 2.39. The standard InChI is InChI=1S/C14H14N2O2/c1-18-10-11-2-4-12(5-3-11)14(17)16-13-6-8-15-9-7-13/h2-9H,10H2,1H3,(H,15,16,17). The van der Waals surface area contributed by atoms with Crippen molar-refractivity contribution >= 4 is 11.6 Å². The van der Waals surface area contributed by atoms with Crippen molar-refractivity contribution in [2.24, 2.45) is 0 Å². The number of rotatable bonds is 4. The van der Waals surface area contributed by atoms with Gasteiger partial charge in [-0.15, -0.1) is 0 Å². The highest BCUT2D eigenvalue weighted by Gasteiger charge is 2.05. The van der Waals surface area contributed by atoms with Crippen molar-refractivity contribution in [2.75, 3.05) is 12.4 Å². The summed E-state index contributed by atoms with van der Waals surface area (Å²) < 4.78 is 5.02. The van der Waals surface area contributed by atoms with Gasteiger partial charge in [0.2, 0.25) is 0 Å². The van der Waals surface area contributed by atoms with Crippen LogP contribution >= 0.6 is 0 Å². The highest BCUT2D eigenvalue weighted by Crippen LogP contribution is 2.09. The van der Waals surface area contributed by atoms with Crippen LogP contribution < -0.4 is 5.32 Å². The lowest BCUT2D eigenvalue weighted by molar-refractivity contribution is 0.102. The predicted molar refractivity (Wildman–Crippen MR) is 69.3 cm³/mol. The molecule has 0 saturated carbocycles. The van der Waals surface area contributed by atoms with E-state index in [1.54, 1.807) is 43.8 Å². The third-order valence-electron chi connectivity index (χ3n) is 2.47. The van der Waals surface area contributed by atoms with E-state index in [1.807, 2.05) is 12.1 Å². The number of anilines is 1. The molecule has 4 nitrogen and oxygen atoms in total. The van der Waals surface area contributed by atoms with Crippen LogP contribution in [0.2, 0.25) is 0 Å². The number of carbonyl (C=O) groups is 1. The number of nitrogens with zero attached hydrogens (tertiary/aromatic N) is 1. The summed E-state index contributed by atoms with van der Waals surface area (Å²) >= 11 is 0. The highest BCUT2D eigenvalue weighted by atomic mass is 16.5. The lowest BCUT2D eigenvalue weighted by Gasteiger charge is -2.05. The number of amides is 1. The van der Waals surface area contributed by atoms with Crippen molar-refractivity contribution in [1.29, 1.82) is 0 Å². The van der Waals surface area contributed by atoms with E-state index < -0.39 is 0 Å². The first-order chi connectivity index (χ1) is 8.79. The van der Waals surface area contributed by atoms with Crippen LogP contribution in [0.4, 0.5) is 5.69 Å². The summed E-state index contributed by atoms with van der Waals surface area (Å²) in [5, 5.41) is 2.80. The second-order valence-corrected chi connectivity index (χ2v) is 3.82. The van der Waals surface area contributed by atoms with Crippen LogP contribution in [0, 0.1) is 0 Å². The maximum Gasteiger partial charge on any atom is 0.255 e. The first kappa shape index (κ1) is 12.3. The van der Waals surface area contributed by atoms with E-state index in [0.717, 1.165) is 11.3 Å². The Balaban J connectivity index is 2.05. The maximum absolute atomic E-state index is 11.9. The third-order valence-corrected chi connectivity index (χ3v) is 2.47. The molecule has 0 aliphatic heterocycles. The van der Waals surface area contributed by atoms with Crippen LogP contribution in [0.15, 0.2) is 48.8 Å². The van der Waals surface area contributed by atoms with E-state index in [4.69, 9.17) is 4.74 Å². The predicted octanol–water partition coefficient (Wildman–Crippen LogP) is 2.48. The molecular weight excluding hydrogens is 228 g/mol. The van der Waals surface area contributed by atoms with Crippen LogP contribution in [0.3, 0.4) is 0 Å². The second-order valence-electron chi connectivity index (χ2n) is 3.82. The quantitative estimate of drug-likeness (QED) is 0.896. The van der Waals surface area contributed by atoms with Gasteiger partial charge in [-0.2, -0.15) is 0 Å². The Bertz CT molecular complexity index is 509. The molecule has 1 heterocycles. The van der Waals surface area contributed by atoms with Gasteiger partial charge in [-0.1, -0.05) is 12.1 Å². The number of hydrogen-bond acceptors (Lipinski definition) is 3. The fourth-order valence-corrected chi connectivity index (χ4v) is 1.56. The van der Waals surface area contributed by atoms with E-state index in [9.17, 15) is 4.79 Å². The minimum atomic E-state index is -0.134. The van der Waals surface area contributed by atoms with Crippen molar-refractivity contribution in [3.05, 3.63) is 59.9 Å². The van der Waals surface area contributed by atoms with Gasteiger partial charge in [0.1, 0.15) is 0 Å². The minimum Gasteiger partial charge on any atom is -0.380 e. The summed E-state index contributed by atoms with van der Waals surface area (Å²) in [7, 11) is 1.64. The maximum atomic E-state index is 11.9. The van der Waals surface area contributed by atoms with Crippen molar-refractivity contribution < 1.29 is 9.53 Å². The molecule has 2 aromatic rings. The van der Waals surface area contributed by atoms with Crippen molar-refractivity contribution in [3.63, 3.8) is 0 Å². The molecule has 1 N–H and O–H groups in total. The Kier molecular flexibility index (Phi) is 4.04. The van der Waals surface area contributed by atoms with Crippen LogP contribution in [-0.2, 0) is 11.3 Å². The van der Waals surface area contributed by atoms with Crippen molar-refractivity contribution in [2.45, 2.75) is 6.61 Å². The first-order valence-electron chi connectivity index (χ1n) is 5.59. The van der Waals surface area contributed by atoms with Gasteiger partial charge < -0.3 is 10.1 Å². The molecule has 1 aromatic heterocycles. The van der Waals surface area contributed by atoms with Gasteiger partial charge >= 0.3 is 0 Å². The molecule has 4 heteroatoms. The Morgan fingerprint density at radius 1 is 1.17 bits per heavy atom. The molecule has 0 atom stereocenters. The molecule has 1 aromatic carbocycles. The Hall–Kier alpha value is -2.20. The molecule has 2 rings (SSSR count). The lowest BCUT2D eigenvalue weighted by Crippen LogP contribution is -2.11. The Morgan fingerprint density at radius 2 is 1.83 bits per heavy atom. The zero-order valence-corrected chi connectivity index (χ0v) is 10.1. The second kappa shape index (κ2) is 5.93. The van der Waals surface area contributed by atoms with E-state index in [-0.39, 0.29) is 5.91 Å². The van der Waals surface area contributed by atoms with Gasteiger partial charge in [-0.25, -0.2) is 0 Å². The molecule has 0 bridgehead atoms. The van der Waals surface area contributed by atoms with E-state index in [2.05, 4.69) is 10.3 Å². The fourth-order valence-electron chi connectivity index (χ4n) is 1.56. The third kappa shape index (κ3) is 3.15. The summed E-state index contributed by atoms with van der Waals surface area (Å²) in [4.78, 5) is 15.8. The lowest BCUT2D eigenvalue weighted by atomic mass is 10.1. The topological polar surface area (TPSA) is 51.2 Å². The molecule has 0 unspecified atom stereocenters. The smallest absolute Gasteiger partial charge is 0.255 e. The molecule has 0 aliphatic carbocycles.